The van der Waals surface area contributed by atoms with Gasteiger partial charge in [0.2, 0.25) is 0 Å². The normalized spacial score (nSPS) is 15.5. The number of hydrogen-bond donors (Lipinski definition) is 3. The predicted molar refractivity (Wildman–Crippen MR) is 64.0 cm³/mol. The number of aliphatic hydroxyl groups excluding tert-OH is 2. The molecule has 2 unspecified atom stereocenters. The van der Waals surface area contributed by atoms with E-state index < -0.39 is 23.9 Å². The highest BCUT2D eigenvalue weighted by Gasteiger charge is 2.34. The van der Waals surface area contributed by atoms with Crippen molar-refractivity contribution in [1.82, 2.24) is 5.32 Å². The van der Waals surface area contributed by atoms with Crippen molar-refractivity contribution in [1.29, 1.82) is 0 Å². The van der Waals surface area contributed by atoms with Gasteiger partial charge < -0.3 is 15.5 Å². The van der Waals surface area contributed by atoms with E-state index in [0.29, 0.717) is 0 Å². The zero-order valence-electron chi connectivity index (χ0n) is 9.50. The first kappa shape index (κ1) is 15.4. The molecule has 0 saturated heterocycles. The van der Waals surface area contributed by atoms with Gasteiger partial charge in [0.1, 0.15) is 6.10 Å². The zero-order valence-corrected chi connectivity index (χ0v) is 11.1. The quantitative estimate of drug-likeness (QED) is 0.793. The number of nitrogens with one attached hydrogen (secondary N) is 1. The molecule has 3 N–H and O–H groups in total. The number of rotatable bonds is 4. The summed E-state index contributed by atoms with van der Waals surface area (Å²) in [4.78, 5) is 0. The molecule has 1 aromatic carbocycles. The molecule has 0 fully saturated rings. The van der Waals surface area contributed by atoms with Crippen LogP contribution >= 0.6 is 15.9 Å². The van der Waals surface area contributed by atoms with Crippen molar-refractivity contribution in [3.8, 4) is 0 Å². The number of likely N-dealkylation sites (N-methyl/N-ethyl adjacent to an activating group) is 1. The fourth-order valence-corrected chi connectivity index (χ4v) is 1.96. The van der Waals surface area contributed by atoms with Gasteiger partial charge in [-0.1, -0.05) is 22.0 Å². The van der Waals surface area contributed by atoms with Crippen LogP contribution in [0.25, 0.3) is 0 Å². The Morgan fingerprint density at radius 1 is 1.33 bits per heavy atom. The second kappa shape index (κ2) is 6.01. The Balaban J connectivity index is 3.05. The van der Waals surface area contributed by atoms with Gasteiger partial charge in [-0.25, -0.2) is 0 Å². The van der Waals surface area contributed by atoms with Gasteiger partial charge >= 0.3 is 6.18 Å². The number of benzene rings is 1. The van der Waals surface area contributed by atoms with Crippen LogP contribution in [0, 0.1) is 0 Å². The first-order chi connectivity index (χ1) is 8.27. The molecule has 0 amide bonds. The molecule has 0 radical (unpaired) electrons. The largest absolute Gasteiger partial charge is 0.417 e. The summed E-state index contributed by atoms with van der Waals surface area (Å²) in [7, 11) is 1.57. The van der Waals surface area contributed by atoms with Gasteiger partial charge in [0.25, 0.3) is 0 Å². The molecule has 0 heterocycles. The minimum absolute atomic E-state index is 0.0216. The maximum Gasteiger partial charge on any atom is 0.417 e. The van der Waals surface area contributed by atoms with E-state index in [4.69, 9.17) is 0 Å². The number of aliphatic hydroxyl groups is 2. The van der Waals surface area contributed by atoms with Crippen LogP contribution in [0.15, 0.2) is 22.7 Å². The van der Waals surface area contributed by atoms with Crippen molar-refractivity contribution in [3.63, 3.8) is 0 Å². The van der Waals surface area contributed by atoms with E-state index in [1.165, 1.54) is 12.1 Å². The summed E-state index contributed by atoms with van der Waals surface area (Å²) in [6.07, 6.45) is -7.05. The molecule has 7 heteroatoms. The minimum atomic E-state index is -4.51. The fourth-order valence-electron chi connectivity index (χ4n) is 1.49. The third-order valence-corrected chi connectivity index (χ3v) is 3.11. The van der Waals surface area contributed by atoms with Gasteiger partial charge in [0.05, 0.1) is 11.7 Å². The van der Waals surface area contributed by atoms with Gasteiger partial charge in [-0.3, -0.25) is 0 Å². The van der Waals surface area contributed by atoms with Crippen molar-refractivity contribution in [2.45, 2.75) is 18.4 Å². The van der Waals surface area contributed by atoms with Gasteiger partial charge in [-0.15, -0.1) is 0 Å². The molecule has 0 bridgehead atoms. The molecule has 0 aromatic heterocycles. The second-order valence-corrected chi connectivity index (χ2v) is 4.66. The van der Waals surface area contributed by atoms with Crippen LogP contribution in [0.1, 0.15) is 17.2 Å². The molecule has 0 aliphatic rings. The first-order valence-electron chi connectivity index (χ1n) is 5.14. The van der Waals surface area contributed by atoms with E-state index in [0.717, 1.165) is 6.07 Å². The molecule has 18 heavy (non-hydrogen) atoms. The molecule has 0 aliphatic heterocycles. The van der Waals surface area contributed by atoms with Crippen LogP contribution in [-0.4, -0.2) is 29.9 Å². The monoisotopic (exact) mass is 327 g/mol. The summed E-state index contributed by atoms with van der Waals surface area (Å²) < 4.78 is 37.9. The predicted octanol–water partition coefficient (Wildman–Crippen LogP) is 2.08. The van der Waals surface area contributed by atoms with Gasteiger partial charge in [0, 0.05) is 11.0 Å². The first-order valence-corrected chi connectivity index (χ1v) is 5.94. The summed E-state index contributed by atoms with van der Waals surface area (Å²) >= 11 is 2.81. The average Bonchev–Trinajstić information content (AvgIpc) is 2.27. The SMILES string of the molecule is CNCC(O)C(O)c1ccc(Br)c(C(F)(F)F)c1. The standard InChI is InChI=1S/C11H13BrF3NO2/c1-16-5-9(17)10(18)6-2-3-8(12)7(4-6)11(13,14)15/h2-4,9-10,16-18H,5H2,1H3. The van der Waals surface area contributed by atoms with Crippen LogP contribution in [0.3, 0.4) is 0 Å². The Morgan fingerprint density at radius 2 is 1.94 bits per heavy atom. The Labute approximate surface area is 111 Å². The Kier molecular flexibility index (Phi) is 5.15. The Hall–Kier alpha value is -0.630. The molecular formula is C11H13BrF3NO2. The van der Waals surface area contributed by atoms with E-state index in [2.05, 4.69) is 21.2 Å². The summed E-state index contributed by atoms with van der Waals surface area (Å²) in [5.41, 5.74) is -0.857. The second-order valence-electron chi connectivity index (χ2n) is 3.81. The molecule has 1 rings (SSSR count). The van der Waals surface area contributed by atoms with E-state index in [-0.39, 0.29) is 16.6 Å². The lowest BCUT2D eigenvalue weighted by Crippen LogP contribution is -2.29. The van der Waals surface area contributed by atoms with E-state index in [9.17, 15) is 23.4 Å². The van der Waals surface area contributed by atoms with Gasteiger partial charge in [-0.05, 0) is 24.7 Å². The maximum atomic E-state index is 12.7. The summed E-state index contributed by atoms with van der Waals surface area (Å²) in [5.74, 6) is 0. The van der Waals surface area contributed by atoms with Crippen LogP contribution in [0.2, 0.25) is 0 Å². The highest BCUT2D eigenvalue weighted by molar-refractivity contribution is 9.10. The van der Waals surface area contributed by atoms with Crippen LogP contribution in [-0.2, 0) is 6.18 Å². The van der Waals surface area contributed by atoms with Crippen molar-refractivity contribution >= 4 is 15.9 Å². The summed E-state index contributed by atoms with van der Waals surface area (Å²) in [6.45, 7) is 0.0819. The highest BCUT2D eigenvalue weighted by Crippen LogP contribution is 2.36. The van der Waals surface area contributed by atoms with Crippen molar-refractivity contribution < 1.29 is 23.4 Å². The lowest BCUT2D eigenvalue weighted by molar-refractivity contribution is -0.138. The average molecular weight is 328 g/mol. The van der Waals surface area contributed by atoms with Crippen molar-refractivity contribution in [3.05, 3.63) is 33.8 Å². The van der Waals surface area contributed by atoms with Gasteiger partial charge in [0.15, 0.2) is 0 Å². The topological polar surface area (TPSA) is 52.5 Å². The van der Waals surface area contributed by atoms with Crippen LogP contribution in [0.5, 0.6) is 0 Å². The minimum Gasteiger partial charge on any atom is -0.389 e. The highest BCUT2D eigenvalue weighted by atomic mass is 79.9. The van der Waals surface area contributed by atoms with Gasteiger partial charge in [-0.2, -0.15) is 13.2 Å². The van der Waals surface area contributed by atoms with E-state index in [1.807, 2.05) is 0 Å². The molecule has 1 aromatic rings. The third kappa shape index (κ3) is 3.68. The van der Waals surface area contributed by atoms with Crippen molar-refractivity contribution in [2.24, 2.45) is 0 Å². The molecular weight excluding hydrogens is 315 g/mol. The molecule has 2 atom stereocenters. The number of hydrogen-bond acceptors (Lipinski definition) is 3. The van der Waals surface area contributed by atoms with E-state index in [1.54, 1.807) is 7.05 Å². The van der Waals surface area contributed by atoms with Crippen LogP contribution in [0.4, 0.5) is 13.2 Å². The van der Waals surface area contributed by atoms with Crippen LogP contribution < -0.4 is 5.32 Å². The Morgan fingerprint density at radius 3 is 2.44 bits per heavy atom. The lowest BCUT2D eigenvalue weighted by Gasteiger charge is -2.19. The van der Waals surface area contributed by atoms with E-state index >= 15 is 0 Å². The maximum absolute atomic E-state index is 12.7. The summed E-state index contributed by atoms with van der Waals surface area (Å²) in [5, 5.41) is 21.9. The Bertz CT molecular complexity index is 412. The molecule has 3 nitrogen and oxygen atoms in total. The fraction of sp³-hybridized carbons (Fsp3) is 0.455. The number of alkyl halides is 3. The zero-order chi connectivity index (χ0) is 13.9. The summed E-state index contributed by atoms with van der Waals surface area (Å²) in [6, 6.07) is 3.37. The molecule has 0 aliphatic carbocycles. The number of halogens is 4. The molecule has 0 spiro atoms. The molecule has 0 saturated carbocycles. The third-order valence-electron chi connectivity index (χ3n) is 2.42. The smallest absolute Gasteiger partial charge is 0.389 e. The van der Waals surface area contributed by atoms with Crippen molar-refractivity contribution in [2.75, 3.05) is 13.6 Å². The lowest BCUT2D eigenvalue weighted by atomic mass is 10.0. The molecule has 102 valence electrons.